The van der Waals surface area contributed by atoms with Crippen molar-refractivity contribution >= 4 is 17.3 Å². The van der Waals surface area contributed by atoms with Gasteiger partial charge in [0.05, 0.1) is 4.92 Å². The largest absolute Gasteiger partial charge is 0.459 e. The quantitative estimate of drug-likeness (QED) is 0.535. The smallest absolute Gasteiger partial charge is 0.273 e. The second-order valence-electron chi connectivity index (χ2n) is 5.66. The van der Waals surface area contributed by atoms with Crippen molar-refractivity contribution in [2.45, 2.75) is 13.5 Å². The zero-order valence-electron chi connectivity index (χ0n) is 13.9. The van der Waals surface area contributed by atoms with Gasteiger partial charge in [0.25, 0.3) is 11.6 Å². The Bertz CT molecular complexity index is 960. The lowest BCUT2D eigenvalue weighted by Gasteiger charge is -2.08. The molecule has 3 aromatic rings. The second-order valence-corrected chi connectivity index (χ2v) is 5.66. The maximum atomic E-state index is 12.4. The Morgan fingerprint density at radius 2 is 1.88 bits per heavy atom. The van der Waals surface area contributed by atoms with Crippen molar-refractivity contribution in [3.8, 4) is 11.3 Å². The highest BCUT2D eigenvalue weighted by atomic mass is 16.6. The number of carbonyl (C=O) groups excluding carboxylic acids is 1. The van der Waals surface area contributed by atoms with Crippen LogP contribution in [0.15, 0.2) is 59.0 Å². The minimum Gasteiger partial charge on any atom is -0.459 e. The molecule has 0 fully saturated rings. The highest BCUT2D eigenvalue weighted by molar-refractivity contribution is 6.05. The fourth-order valence-corrected chi connectivity index (χ4v) is 2.60. The molecule has 2 aromatic carbocycles. The average molecular weight is 352 g/mol. The van der Waals surface area contributed by atoms with Gasteiger partial charge in [0.1, 0.15) is 18.1 Å². The van der Waals surface area contributed by atoms with Crippen LogP contribution in [0.1, 0.15) is 21.7 Å². The number of hydrogen-bond donors (Lipinski definition) is 2. The number of rotatable bonds is 5. The number of amides is 1. The van der Waals surface area contributed by atoms with Gasteiger partial charge in [-0.25, -0.2) is 0 Å². The maximum absolute atomic E-state index is 12.4. The van der Waals surface area contributed by atoms with E-state index in [2.05, 4.69) is 5.32 Å². The van der Waals surface area contributed by atoms with Crippen molar-refractivity contribution in [2.24, 2.45) is 0 Å². The number of nitro benzene ring substituents is 1. The molecule has 7 heteroatoms. The highest BCUT2D eigenvalue weighted by Crippen LogP contribution is 2.25. The van der Waals surface area contributed by atoms with Crippen LogP contribution in [-0.2, 0) is 6.61 Å². The van der Waals surface area contributed by atoms with Crippen molar-refractivity contribution in [3.63, 3.8) is 0 Å². The van der Waals surface area contributed by atoms with Gasteiger partial charge >= 0.3 is 0 Å². The van der Waals surface area contributed by atoms with Gasteiger partial charge in [-0.15, -0.1) is 0 Å². The van der Waals surface area contributed by atoms with Crippen LogP contribution in [0.25, 0.3) is 11.3 Å². The Labute approximate surface area is 149 Å². The molecule has 7 nitrogen and oxygen atoms in total. The second kappa shape index (κ2) is 7.20. The lowest BCUT2D eigenvalue weighted by Crippen LogP contribution is -2.14. The summed E-state index contributed by atoms with van der Waals surface area (Å²) in [6.07, 6.45) is 0. The summed E-state index contributed by atoms with van der Waals surface area (Å²) >= 11 is 0. The Hall–Kier alpha value is -3.45. The minimum atomic E-state index is -0.509. The number of aliphatic hydroxyl groups is 1. The summed E-state index contributed by atoms with van der Waals surface area (Å²) in [6.45, 7) is 1.38. The molecule has 0 aliphatic heterocycles. The summed E-state index contributed by atoms with van der Waals surface area (Å²) in [7, 11) is 0. The Balaban J connectivity index is 1.78. The van der Waals surface area contributed by atoms with Crippen molar-refractivity contribution in [1.29, 1.82) is 0 Å². The van der Waals surface area contributed by atoms with E-state index in [0.29, 0.717) is 22.8 Å². The molecule has 1 aromatic heterocycles. The number of nitro groups is 1. The molecule has 0 aliphatic rings. The number of furan rings is 1. The summed E-state index contributed by atoms with van der Waals surface area (Å²) in [6, 6.07) is 14.8. The summed E-state index contributed by atoms with van der Waals surface area (Å²) in [5, 5.41) is 22.8. The molecule has 0 unspecified atom stereocenters. The van der Waals surface area contributed by atoms with Gasteiger partial charge < -0.3 is 14.8 Å². The molecular weight excluding hydrogens is 336 g/mol. The fourth-order valence-electron chi connectivity index (χ4n) is 2.60. The number of nitrogens with zero attached hydrogens (tertiary/aromatic N) is 1. The normalized spacial score (nSPS) is 10.5. The molecule has 0 bridgehead atoms. The number of nitrogens with one attached hydrogen (secondary N) is 1. The standard InChI is InChI=1S/C19H16N2O5/c1-12-16(3-2-4-17(12)21(24)25)19(23)20-14-7-5-13(6-8-14)18-10-9-15(11-22)26-18/h2-10,22H,11H2,1H3,(H,20,23). The van der Waals surface area contributed by atoms with Crippen LogP contribution in [-0.4, -0.2) is 15.9 Å². The van der Waals surface area contributed by atoms with Gasteiger partial charge in [0.2, 0.25) is 0 Å². The van der Waals surface area contributed by atoms with Crippen LogP contribution >= 0.6 is 0 Å². The predicted molar refractivity (Wildman–Crippen MR) is 95.9 cm³/mol. The zero-order valence-corrected chi connectivity index (χ0v) is 13.9. The first-order valence-corrected chi connectivity index (χ1v) is 7.85. The Morgan fingerprint density at radius 3 is 2.50 bits per heavy atom. The molecule has 0 saturated carbocycles. The maximum Gasteiger partial charge on any atom is 0.273 e. The fraction of sp³-hybridized carbons (Fsp3) is 0.105. The monoisotopic (exact) mass is 352 g/mol. The summed E-state index contributed by atoms with van der Waals surface area (Å²) in [4.78, 5) is 22.9. The average Bonchev–Trinajstić information content (AvgIpc) is 3.11. The molecule has 3 rings (SSSR count). The number of aliphatic hydroxyl groups excluding tert-OH is 1. The van der Waals surface area contributed by atoms with E-state index in [1.807, 2.05) is 0 Å². The number of benzene rings is 2. The molecule has 0 radical (unpaired) electrons. The van der Waals surface area contributed by atoms with Crippen molar-refractivity contribution in [1.82, 2.24) is 0 Å². The van der Waals surface area contributed by atoms with E-state index in [4.69, 9.17) is 9.52 Å². The van der Waals surface area contributed by atoms with Crippen molar-refractivity contribution < 1.29 is 19.2 Å². The SMILES string of the molecule is Cc1c(C(=O)Nc2ccc(-c3ccc(CO)o3)cc2)cccc1[N+](=O)[O-]. The topological polar surface area (TPSA) is 106 Å². The van der Waals surface area contributed by atoms with Gasteiger partial charge in [-0.2, -0.15) is 0 Å². The lowest BCUT2D eigenvalue weighted by atomic mass is 10.1. The van der Waals surface area contributed by atoms with Gasteiger partial charge in [-0.3, -0.25) is 14.9 Å². The van der Waals surface area contributed by atoms with Gasteiger partial charge in [-0.1, -0.05) is 6.07 Å². The van der Waals surface area contributed by atoms with E-state index in [9.17, 15) is 14.9 Å². The van der Waals surface area contributed by atoms with E-state index in [-0.39, 0.29) is 17.9 Å². The van der Waals surface area contributed by atoms with Crippen molar-refractivity contribution in [2.75, 3.05) is 5.32 Å². The van der Waals surface area contributed by atoms with E-state index < -0.39 is 10.8 Å². The Kier molecular flexibility index (Phi) is 4.81. The first-order chi connectivity index (χ1) is 12.5. The highest BCUT2D eigenvalue weighted by Gasteiger charge is 2.18. The molecular formula is C19H16N2O5. The van der Waals surface area contributed by atoms with Crippen LogP contribution in [0, 0.1) is 17.0 Å². The van der Waals surface area contributed by atoms with Crippen LogP contribution in [0.3, 0.4) is 0 Å². The predicted octanol–water partition coefficient (Wildman–Crippen LogP) is 3.91. The molecule has 2 N–H and O–H groups in total. The molecule has 1 amide bonds. The lowest BCUT2D eigenvalue weighted by molar-refractivity contribution is -0.385. The van der Waals surface area contributed by atoms with Crippen molar-refractivity contribution in [3.05, 3.63) is 81.6 Å². The van der Waals surface area contributed by atoms with E-state index in [0.717, 1.165) is 5.56 Å². The Morgan fingerprint density at radius 1 is 1.15 bits per heavy atom. The number of carbonyl (C=O) groups is 1. The van der Waals surface area contributed by atoms with Gasteiger partial charge in [-0.05, 0) is 49.4 Å². The third kappa shape index (κ3) is 3.47. The molecule has 0 atom stereocenters. The first-order valence-electron chi connectivity index (χ1n) is 7.85. The zero-order chi connectivity index (χ0) is 18.7. The van der Waals surface area contributed by atoms with Crippen LogP contribution in [0.5, 0.6) is 0 Å². The minimum absolute atomic E-state index is 0.0921. The molecule has 26 heavy (non-hydrogen) atoms. The van der Waals surface area contributed by atoms with Gasteiger partial charge in [0.15, 0.2) is 0 Å². The number of hydrogen-bond acceptors (Lipinski definition) is 5. The first kappa shape index (κ1) is 17.4. The van der Waals surface area contributed by atoms with E-state index in [1.54, 1.807) is 49.4 Å². The third-order valence-electron chi connectivity index (χ3n) is 3.99. The van der Waals surface area contributed by atoms with Crippen LogP contribution in [0.4, 0.5) is 11.4 Å². The molecule has 1 heterocycles. The summed E-state index contributed by atoms with van der Waals surface area (Å²) in [5.41, 5.74) is 1.83. The van der Waals surface area contributed by atoms with Crippen LogP contribution in [0.2, 0.25) is 0 Å². The van der Waals surface area contributed by atoms with Gasteiger partial charge in [0, 0.05) is 28.4 Å². The molecule has 0 aliphatic carbocycles. The molecule has 132 valence electrons. The number of anilines is 1. The summed E-state index contributed by atoms with van der Waals surface area (Å²) in [5.74, 6) is 0.666. The van der Waals surface area contributed by atoms with E-state index in [1.165, 1.54) is 12.1 Å². The molecule has 0 spiro atoms. The van der Waals surface area contributed by atoms with E-state index >= 15 is 0 Å². The molecule has 0 saturated heterocycles. The third-order valence-corrected chi connectivity index (χ3v) is 3.99. The van der Waals surface area contributed by atoms with Crippen LogP contribution < -0.4 is 5.32 Å². The summed E-state index contributed by atoms with van der Waals surface area (Å²) < 4.78 is 5.46.